The van der Waals surface area contributed by atoms with Crippen molar-refractivity contribution in [2.75, 3.05) is 6.54 Å². The molecule has 0 radical (unpaired) electrons. The summed E-state index contributed by atoms with van der Waals surface area (Å²) in [5, 5.41) is 0. The first-order valence-corrected chi connectivity index (χ1v) is 9.73. The molecule has 5 nitrogen and oxygen atoms in total. The Bertz CT molecular complexity index is 1080. The lowest BCUT2D eigenvalue weighted by molar-refractivity contribution is 0.531. The third-order valence-corrected chi connectivity index (χ3v) is 5.70. The Morgan fingerprint density at radius 2 is 1.85 bits per heavy atom. The van der Waals surface area contributed by atoms with E-state index in [9.17, 15) is 17.2 Å². The van der Waals surface area contributed by atoms with Crippen LogP contribution in [0.5, 0.6) is 0 Å². The minimum Gasteiger partial charge on any atom is -0.441 e. The van der Waals surface area contributed by atoms with E-state index in [4.69, 9.17) is 4.42 Å². The van der Waals surface area contributed by atoms with E-state index in [0.29, 0.717) is 17.0 Å². The van der Waals surface area contributed by atoms with Gasteiger partial charge in [0.05, 0.1) is 16.2 Å². The van der Waals surface area contributed by atoms with Gasteiger partial charge < -0.3 is 4.42 Å². The maximum Gasteiger partial charge on any atom is 0.240 e. The van der Waals surface area contributed by atoms with Crippen LogP contribution in [-0.2, 0) is 16.4 Å². The second-order valence-corrected chi connectivity index (χ2v) is 7.79. The molecule has 2 aromatic carbocycles. The normalized spacial score (nSPS) is 11.7. The highest BCUT2D eigenvalue weighted by molar-refractivity contribution is 7.89. The minimum absolute atomic E-state index is 0.0211. The SMILES string of the molecule is Cc1cc(F)ccc1S(=O)(=O)NCCc1nc(-c2ccccc2F)oc1C. The molecule has 3 aromatic rings. The van der Waals surface area contributed by atoms with E-state index in [2.05, 4.69) is 9.71 Å². The molecule has 142 valence electrons. The molecule has 0 aliphatic carbocycles. The lowest BCUT2D eigenvalue weighted by Crippen LogP contribution is -2.26. The number of oxazole rings is 1. The van der Waals surface area contributed by atoms with Crippen molar-refractivity contribution < 1.29 is 21.6 Å². The number of hydrogen-bond acceptors (Lipinski definition) is 4. The Hall–Kier alpha value is -2.58. The zero-order valence-corrected chi connectivity index (χ0v) is 15.6. The van der Waals surface area contributed by atoms with E-state index in [1.54, 1.807) is 25.1 Å². The predicted molar refractivity (Wildman–Crippen MR) is 96.7 cm³/mol. The molecule has 0 saturated carbocycles. The van der Waals surface area contributed by atoms with Crippen molar-refractivity contribution >= 4 is 10.0 Å². The molecule has 0 bridgehead atoms. The largest absolute Gasteiger partial charge is 0.441 e. The van der Waals surface area contributed by atoms with Gasteiger partial charge in [0.15, 0.2) is 0 Å². The van der Waals surface area contributed by atoms with Crippen LogP contribution in [0.2, 0.25) is 0 Å². The second-order valence-electron chi connectivity index (χ2n) is 6.06. The molecule has 0 amide bonds. The van der Waals surface area contributed by atoms with Gasteiger partial charge in [0.1, 0.15) is 17.4 Å². The number of nitrogens with zero attached hydrogens (tertiary/aromatic N) is 1. The number of halogens is 2. The van der Waals surface area contributed by atoms with E-state index < -0.39 is 21.7 Å². The van der Waals surface area contributed by atoms with Crippen LogP contribution in [0.4, 0.5) is 8.78 Å². The number of aromatic nitrogens is 1. The number of rotatable bonds is 6. The van der Waals surface area contributed by atoms with Crippen molar-refractivity contribution in [3.63, 3.8) is 0 Å². The van der Waals surface area contributed by atoms with Crippen LogP contribution in [0.1, 0.15) is 17.0 Å². The lowest BCUT2D eigenvalue weighted by Gasteiger charge is -2.08. The molecule has 0 saturated heterocycles. The highest BCUT2D eigenvalue weighted by Crippen LogP contribution is 2.24. The van der Waals surface area contributed by atoms with Crippen LogP contribution in [0, 0.1) is 25.5 Å². The summed E-state index contributed by atoms with van der Waals surface area (Å²) in [6, 6.07) is 9.61. The molecular weight excluding hydrogens is 374 g/mol. The summed E-state index contributed by atoms with van der Waals surface area (Å²) in [7, 11) is -3.78. The molecule has 1 N–H and O–H groups in total. The highest BCUT2D eigenvalue weighted by Gasteiger charge is 2.18. The molecule has 3 rings (SSSR count). The molecule has 0 aliphatic heterocycles. The van der Waals surface area contributed by atoms with Gasteiger partial charge in [0.25, 0.3) is 0 Å². The fourth-order valence-electron chi connectivity index (χ4n) is 2.71. The average molecular weight is 392 g/mol. The Morgan fingerprint density at radius 3 is 2.56 bits per heavy atom. The number of benzene rings is 2. The predicted octanol–water partition coefficient (Wildman–Crippen LogP) is 3.76. The minimum atomic E-state index is -3.78. The quantitative estimate of drug-likeness (QED) is 0.693. The number of nitrogens with one attached hydrogen (secondary N) is 1. The van der Waals surface area contributed by atoms with Crippen LogP contribution in [0.25, 0.3) is 11.5 Å². The maximum absolute atomic E-state index is 13.9. The second kappa shape index (κ2) is 7.58. The third-order valence-electron chi connectivity index (χ3n) is 4.08. The number of aryl methyl sites for hydroxylation is 2. The summed E-state index contributed by atoms with van der Waals surface area (Å²) < 4.78 is 59.8. The summed E-state index contributed by atoms with van der Waals surface area (Å²) in [5.41, 5.74) is 1.10. The Morgan fingerprint density at radius 1 is 1.11 bits per heavy atom. The Labute approximate surface area is 156 Å². The van der Waals surface area contributed by atoms with Crippen molar-refractivity contribution in [1.82, 2.24) is 9.71 Å². The van der Waals surface area contributed by atoms with Gasteiger partial charge in [-0.25, -0.2) is 26.9 Å². The van der Waals surface area contributed by atoms with Gasteiger partial charge in [-0.3, -0.25) is 0 Å². The van der Waals surface area contributed by atoms with Crippen LogP contribution >= 0.6 is 0 Å². The van der Waals surface area contributed by atoms with Crippen LogP contribution < -0.4 is 4.72 Å². The molecule has 0 unspecified atom stereocenters. The van der Waals surface area contributed by atoms with Gasteiger partial charge in [0, 0.05) is 13.0 Å². The molecule has 27 heavy (non-hydrogen) atoms. The van der Waals surface area contributed by atoms with E-state index in [1.807, 2.05) is 0 Å². The summed E-state index contributed by atoms with van der Waals surface area (Å²) in [4.78, 5) is 4.29. The molecular formula is C19H18F2N2O3S. The summed E-state index contributed by atoms with van der Waals surface area (Å²) in [5.74, 6) is -0.300. The molecule has 1 heterocycles. The fraction of sp³-hybridized carbons (Fsp3) is 0.211. The first-order chi connectivity index (χ1) is 12.8. The van der Waals surface area contributed by atoms with Crippen LogP contribution in [0.3, 0.4) is 0 Å². The van der Waals surface area contributed by atoms with Gasteiger partial charge in [-0.15, -0.1) is 0 Å². The van der Waals surface area contributed by atoms with Crippen molar-refractivity contribution in [2.45, 2.75) is 25.2 Å². The van der Waals surface area contributed by atoms with Gasteiger partial charge in [0.2, 0.25) is 15.9 Å². The zero-order chi connectivity index (χ0) is 19.6. The topological polar surface area (TPSA) is 72.2 Å². The first-order valence-electron chi connectivity index (χ1n) is 8.25. The van der Waals surface area contributed by atoms with Crippen molar-refractivity contribution in [1.29, 1.82) is 0 Å². The number of sulfonamides is 1. The van der Waals surface area contributed by atoms with Crippen molar-refractivity contribution in [3.8, 4) is 11.5 Å². The van der Waals surface area contributed by atoms with Crippen molar-refractivity contribution in [3.05, 3.63) is 71.1 Å². The van der Waals surface area contributed by atoms with Crippen LogP contribution in [0.15, 0.2) is 51.8 Å². The maximum atomic E-state index is 13.9. The van der Waals surface area contributed by atoms with Gasteiger partial charge in [-0.1, -0.05) is 12.1 Å². The average Bonchev–Trinajstić information content (AvgIpc) is 2.95. The first kappa shape index (κ1) is 19.2. The summed E-state index contributed by atoms with van der Waals surface area (Å²) in [6.07, 6.45) is 0.267. The van der Waals surface area contributed by atoms with E-state index in [0.717, 1.165) is 12.1 Å². The number of hydrogen-bond donors (Lipinski definition) is 1. The summed E-state index contributed by atoms with van der Waals surface area (Å²) >= 11 is 0. The monoisotopic (exact) mass is 392 g/mol. The van der Waals surface area contributed by atoms with Gasteiger partial charge in [-0.05, 0) is 49.7 Å². The molecule has 0 aliphatic rings. The molecule has 1 aromatic heterocycles. The van der Waals surface area contributed by atoms with E-state index in [1.165, 1.54) is 19.1 Å². The lowest BCUT2D eigenvalue weighted by atomic mass is 10.2. The Balaban J connectivity index is 1.71. The molecule has 0 fully saturated rings. The standard InChI is InChI=1S/C19H18F2N2O3S/c1-12-11-14(20)7-8-18(12)27(24,25)22-10-9-17-13(2)26-19(23-17)15-5-3-4-6-16(15)21/h3-8,11,22H,9-10H2,1-2H3. The summed E-state index contributed by atoms with van der Waals surface area (Å²) in [6.45, 7) is 3.29. The van der Waals surface area contributed by atoms with Gasteiger partial charge in [-0.2, -0.15) is 0 Å². The Kier molecular flexibility index (Phi) is 5.38. The molecule has 0 spiro atoms. The van der Waals surface area contributed by atoms with Gasteiger partial charge >= 0.3 is 0 Å². The zero-order valence-electron chi connectivity index (χ0n) is 14.8. The third kappa shape index (κ3) is 4.23. The fourth-order valence-corrected chi connectivity index (χ4v) is 3.96. The van der Waals surface area contributed by atoms with Crippen molar-refractivity contribution in [2.24, 2.45) is 0 Å². The molecule has 8 heteroatoms. The van der Waals surface area contributed by atoms with E-state index in [-0.39, 0.29) is 29.3 Å². The van der Waals surface area contributed by atoms with Crippen LogP contribution in [-0.4, -0.2) is 19.9 Å². The molecule has 0 atom stereocenters. The highest BCUT2D eigenvalue weighted by atomic mass is 32.2. The smallest absolute Gasteiger partial charge is 0.240 e. The van der Waals surface area contributed by atoms with E-state index >= 15 is 0 Å².